The number of nitrogens with one attached hydrogen (secondary N) is 1. The molecule has 2 aromatic rings. The van der Waals surface area contributed by atoms with Crippen LogP contribution in [0.3, 0.4) is 0 Å². The predicted molar refractivity (Wildman–Crippen MR) is 107 cm³/mol. The quantitative estimate of drug-likeness (QED) is 0.798. The van der Waals surface area contributed by atoms with E-state index >= 15 is 0 Å². The first-order valence-electron chi connectivity index (χ1n) is 9.78. The lowest BCUT2D eigenvalue weighted by molar-refractivity contribution is -0.122. The van der Waals surface area contributed by atoms with Crippen molar-refractivity contribution in [2.75, 3.05) is 20.3 Å². The van der Waals surface area contributed by atoms with Crippen molar-refractivity contribution < 1.29 is 18.7 Å². The molecule has 2 aromatic carbocycles. The number of hydrogen-bond donors (Lipinski definition) is 1. The zero-order valence-electron chi connectivity index (χ0n) is 16.7. The maximum absolute atomic E-state index is 13.2. The SMILES string of the molecule is CNC(=O)COc1cccc([C@@H]2OC[C@@H](c3ccc(F)cc3)C[C@H]2C(C)C)c1. The molecular formula is C23H28FNO3. The number of halogens is 1. The first-order chi connectivity index (χ1) is 13.5. The highest BCUT2D eigenvalue weighted by Crippen LogP contribution is 2.43. The van der Waals surface area contributed by atoms with Gasteiger partial charge >= 0.3 is 0 Å². The van der Waals surface area contributed by atoms with Crippen LogP contribution in [0.15, 0.2) is 48.5 Å². The van der Waals surface area contributed by atoms with Gasteiger partial charge < -0.3 is 14.8 Å². The Labute approximate surface area is 166 Å². The molecule has 3 rings (SSSR count). The van der Waals surface area contributed by atoms with Gasteiger partial charge in [0.25, 0.3) is 5.91 Å². The third-order valence-corrected chi connectivity index (χ3v) is 5.46. The lowest BCUT2D eigenvalue weighted by Crippen LogP contribution is -2.31. The van der Waals surface area contributed by atoms with Crippen LogP contribution in [0, 0.1) is 17.7 Å². The monoisotopic (exact) mass is 385 g/mol. The molecule has 0 unspecified atom stereocenters. The van der Waals surface area contributed by atoms with Crippen LogP contribution in [0.2, 0.25) is 0 Å². The number of benzene rings is 2. The summed E-state index contributed by atoms with van der Waals surface area (Å²) in [5.74, 6) is 1.31. The van der Waals surface area contributed by atoms with E-state index in [1.54, 1.807) is 7.05 Å². The van der Waals surface area contributed by atoms with Crippen LogP contribution >= 0.6 is 0 Å². The minimum Gasteiger partial charge on any atom is -0.484 e. The first kappa shape index (κ1) is 20.3. The van der Waals surface area contributed by atoms with Gasteiger partial charge in [-0.2, -0.15) is 0 Å². The molecule has 1 fully saturated rings. The van der Waals surface area contributed by atoms with Crippen molar-refractivity contribution >= 4 is 5.91 Å². The number of hydrogen-bond acceptors (Lipinski definition) is 3. The van der Waals surface area contributed by atoms with E-state index in [9.17, 15) is 9.18 Å². The van der Waals surface area contributed by atoms with Crippen molar-refractivity contribution in [1.82, 2.24) is 5.32 Å². The molecule has 0 spiro atoms. The Morgan fingerprint density at radius 1 is 1.21 bits per heavy atom. The Bertz CT molecular complexity index is 791. The van der Waals surface area contributed by atoms with Crippen LogP contribution in [0.5, 0.6) is 5.75 Å². The molecule has 3 atom stereocenters. The van der Waals surface area contributed by atoms with Crippen LogP contribution in [-0.4, -0.2) is 26.2 Å². The molecule has 1 saturated heterocycles. The number of amides is 1. The molecule has 0 aliphatic carbocycles. The molecule has 0 saturated carbocycles. The average Bonchev–Trinajstić information content (AvgIpc) is 2.72. The largest absolute Gasteiger partial charge is 0.484 e. The van der Waals surface area contributed by atoms with E-state index in [0.717, 1.165) is 17.5 Å². The van der Waals surface area contributed by atoms with Crippen molar-refractivity contribution in [2.45, 2.75) is 32.3 Å². The van der Waals surface area contributed by atoms with Gasteiger partial charge in [0.15, 0.2) is 6.61 Å². The summed E-state index contributed by atoms with van der Waals surface area (Å²) in [4.78, 5) is 11.4. The minimum atomic E-state index is -0.215. The molecule has 1 heterocycles. The number of likely N-dealkylation sites (N-methyl/N-ethyl adjacent to an activating group) is 1. The molecular weight excluding hydrogens is 357 g/mol. The lowest BCUT2D eigenvalue weighted by Gasteiger charge is -2.39. The van der Waals surface area contributed by atoms with Crippen LogP contribution in [0.25, 0.3) is 0 Å². The smallest absolute Gasteiger partial charge is 0.257 e. The van der Waals surface area contributed by atoms with E-state index in [4.69, 9.17) is 9.47 Å². The van der Waals surface area contributed by atoms with E-state index in [1.807, 2.05) is 36.4 Å². The van der Waals surface area contributed by atoms with Crippen molar-refractivity contribution in [3.8, 4) is 5.75 Å². The second-order valence-corrected chi connectivity index (χ2v) is 7.68. The van der Waals surface area contributed by atoms with Gasteiger partial charge in [0, 0.05) is 13.0 Å². The summed E-state index contributed by atoms with van der Waals surface area (Å²) in [7, 11) is 1.59. The fourth-order valence-electron chi connectivity index (χ4n) is 3.80. The Morgan fingerprint density at radius 3 is 2.64 bits per heavy atom. The van der Waals surface area contributed by atoms with Crippen molar-refractivity contribution in [3.05, 3.63) is 65.5 Å². The molecule has 5 heteroatoms. The average molecular weight is 385 g/mol. The topological polar surface area (TPSA) is 47.6 Å². The predicted octanol–water partition coefficient (Wildman–Crippen LogP) is 4.47. The van der Waals surface area contributed by atoms with Gasteiger partial charge in [0.2, 0.25) is 0 Å². The van der Waals surface area contributed by atoms with Crippen LogP contribution in [0.1, 0.15) is 43.4 Å². The summed E-state index contributed by atoms with van der Waals surface area (Å²) < 4.78 is 25.1. The highest BCUT2D eigenvalue weighted by atomic mass is 19.1. The van der Waals surface area contributed by atoms with Gasteiger partial charge in [0.05, 0.1) is 12.7 Å². The lowest BCUT2D eigenvalue weighted by atomic mass is 9.76. The molecule has 0 bridgehead atoms. The summed E-state index contributed by atoms with van der Waals surface area (Å²) in [5.41, 5.74) is 2.18. The zero-order chi connectivity index (χ0) is 20.1. The molecule has 0 radical (unpaired) electrons. The van der Waals surface area contributed by atoms with Crippen molar-refractivity contribution in [1.29, 1.82) is 0 Å². The van der Waals surface area contributed by atoms with E-state index < -0.39 is 0 Å². The summed E-state index contributed by atoms with van der Waals surface area (Å²) in [6, 6.07) is 14.5. The minimum absolute atomic E-state index is 0.00821. The normalized spacial score (nSPS) is 22.1. The van der Waals surface area contributed by atoms with Gasteiger partial charge in [-0.1, -0.05) is 38.1 Å². The second-order valence-electron chi connectivity index (χ2n) is 7.68. The summed E-state index contributed by atoms with van der Waals surface area (Å²) >= 11 is 0. The second kappa shape index (κ2) is 9.20. The fourth-order valence-corrected chi connectivity index (χ4v) is 3.80. The van der Waals surface area contributed by atoms with Gasteiger partial charge in [-0.3, -0.25) is 4.79 Å². The Balaban J connectivity index is 1.75. The van der Waals surface area contributed by atoms with Crippen molar-refractivity contribution in [3.63, 3.8) is 0 Å². The highest BCUT2D eigenvalue weighted by molar-refractivity contribution is 5.77. The maximum Gasteiger partial charge on any atom is 0.257 e. The number of rotatable bonds is 6. The van der Waals surface area contributed by atoms with E-state index in [0.29, 0.717) is 24.2 Å². The van der Waals surface area contributed by atoms with Crippen LogP contribution in [0.4, 0.5) is 4.39 Å². The van der Waals surface area contributed by atoms with Gasteiger partial charge in [-0.25, -0.2) is 4.39 Å². The fraction of sp³-hybridized carbons (Fsp3) is 0.435. The third kappa shape index (κ3) is 4.90. The van der Waals surface area contributed by atoms with E-state index in [2.05, 4.69) is 19.2 Å². The number of ether oxygens (including phenoxy) is 2. The molecule has 28 heavy (non-hydrogen) atoms. The Kier molecular flexibility index (Phi) is 6.68. The maximum atomic E-state index is 13.2. The third-order valence-electron chi connectivity index (χ3n) is 5.46. The molecule has 1 aliphatic rings. The Hall–Kier alpha value is -2.40. The van der Waals surface area contributed by atoms with E-state index in [-0.39, 0.29) is 30.4 Å². The molecule has 150 valence electrons. The highest BCUT2D eigenvalue weighted by Gasteiger charge is 2.35. The van der Waals surface area contributed by atoms with Gasteiger partial charge in [-0.15, -0.1) is 0 Å². The summed E-state index contributed by atoms with van der Waals surface area (Å²) in [6.45, 7) is 5.01. The van der Waals surface area contributed by atoms with Gasteiger partial charge in [0.1, 0.15) is 11.6 Å². The molecule has 1 aliphatic heterocycles. The first-order valence-corrected chi connectivity index (χ1v) is 9.78. The molecule has 0 aromatic heterocycles. The van der Waals surface area contributed by atoms with Crippen LogP contribution < -0.4 is 10.1 Å². The summed E-state index contributed by atoms with van der Waals surface area (Å²) in [6.07, 6.45) is 0.956. The summed E-state index contributed by atoms with van der Waals surface area (Å²) in [5, 5.41) is 2.55. The van der Waals surface area contributed by atoms with Gasteiger partial charge in [-0.05, 0) is 53.6 Å². The number of carbonyl (C=O) groups is 1. The van der Waals surface area contributed by atoms with Crippen molar-refractivity contribution in [2.24, 2.45) is 11.8 Å². The zero-order valence-corrected chi connectivity index (χ0v) is 16.7. The number of carbonyl (C=O) groups excluding carboxylic acids is 1. The van der Waals surface area contributed by atoms with Crippen LogP contribution in [-0.2, 0) is 9.53 Å². The Morgan fingerprint density at radius 2 is 1.96 bits per heavy atom. The molecule has 4 nitrogen and oxygen atoms in total. The molecule has 1 N–H and O–H groups in total. The standard InChI is InChI=1S/C23H28FNO3/c1-15(2)21-12-18(16-7-9-19(24)10-8-16)13-28-23(21)17-5-4-6-20(11-17)27-14-22(26)25-3/h4-11,15,18,21,23H,12-14H2,1-3H3,(H,25,26)/t18-,21-,23-/m0/s1. The molecule has 1 amide bonds. The van der Waals surface area contributed by atoms with E-state index in [1.165, 1.54) is 12.1 Å².